The number of rotatable bonds is 2. The van der Waals surface area contributed by atoms with Gasteiger partial charge in [0.15, 0.2) is 0 Å². The molecule has 0 saturated carbocycles. The fraction of sp³-hybridized carbons (Fsp3) is 0. The summed E-state index contributed by atoms with van der Waals surface area (Å²) in [6.07, 6.45) is 6.96. The molecule has 1 radical (unpaired) electrons. The maximum atomic E-state index is 4.32. The van der Waals surface area contributed by atoms with Crippen molar-refractivity contribution in [3.63, 3.8) is 0 Å². The van der Waals surface area contributed by atoms with E-state index in [1.54, 1.807) is 29.9 Å². The van der Waals surface area contributed by atoms with Crippen LogP contribution in [0.15, 0.2) is 48.5 Å². The van der Waals surface area contributed by atoms with Crippen molar-refractivity contribution in [3.05, 3.63) is 54.6 Å². The van der Waals surface area contributed by atoms with Gasteiger partial charge in [-0.15, -0.1) is 11.3 Å². The van der Waals surface area contributed by atoms with Crippen LogP contribution in [0.2, 0.25) is 0 Å². The number of hydrogen-bond donors (Lipinski definition) is 0. The van der Waals surface area contributed by atoms with E-state index in [2.05, 4.69) is 21.0 Å². The standard InChI is InChI=1S/C13H8N3S/c1-2-4-11(13-8-15-9-17-13)10(3-1)12-7-14-5-6-16-12/h1-3,5-9H. The predicted molar refractivity (Wildman–Crippen MR) is 67.4 cm³/mol. The molecule has 0 fully saturated rings. The Balaban J connectivity index is 2.18. The average molecular weight is 238 g/mol. The second-order valence-electron chi connectivity index (χ2n) is 3.42. The van der Waals surface area contributed by atoms with Crippen molar-refractivity contribution in [3.8, 4) is 21.7 Å². The number of benzene rings is 1. The van der Waals surface area contributed by atoms with E-state index in [0.717, 1.165) is 21.7 Å². The smallest absolute Gasteiger partial charge is 0.0891 e. The summed E-state index contributed by atoms with van der Waals surface area (Å²) in [5.41, 5.74) is 4.73. The maximum Gasteiger partial charge on any atom is 0.0891 e. The molecule has 17 heavy (non-hydrogen) atoms. The molecular weight excluding hydrogens is 230 g/mol. The minimum atomic E-state index is 0.854. The van der Waals surface area contributed by atoms with Crippen molar-refractivity contribution in [1.29, 1.82) is 0 Å². The molecule has 0 unspecified atom stereocenters. The van der Waals surface area contributed by atoms with Crippen molar-refractivity contribution < 1.29 is 0 Å². The Morgan fingerprint density at radius 3 is 2.88 bits per heavy atom. The molecule has 3 nitrogen and oxygen atoms in total. The molecule has 0 bridgehead atoms. The Kier molecular flexibility index (Phi) is 2.63. The predicted octanol–water partition coefficient (Wildman–Crippen LogP) is 3.07. The molecule has 0 aliphatic heterocycles. The van der Waals surface area contributed by atoms with E-state index in [1.807, 2.05) is 29.9 Å². The van der Waals surface area contributed by atoms with Gasteiger partial charge in [0, 0.05) is 29.7 Å². The van der Waals surface area contributed by atoms with Gasteiger partial charge in [-0.2, -0.15) is 0 Å². The third kappa shape index (κ3) is 1.94. The summed E-state index contributed by atoms with van der Waals surface area (Å²) in [6, 6.07) is 9.11. The second kappa shape index (κ2) is 4.43. The van der Waals surface area contributed by atoms with Crippen molar-refractivity contribution >= 4 is 11.3 Å². The zero-order valence-electron chi connectivity index (χ0n) is 8.87. The molecule has 0 N–H and O–H groups in total. The fourth-order valence-electron chi connectivity index (χ4n) is 1.63. The number of nitrogens with zero attached hydrogens (tertiary/aromatic N) is 3. The van der Waals surface area contributed by atoms with E-state index in [4.69, 9.17) is 0 Å². The van der Waals surface area contributed by atoms with Gasteiger partial charge in [0.05, 0.1) is 22.3 Å². The summed E-state index contributed by atoms with van der Waals surface area (Å²) in [6.45, 7) is 0. The third-order valence-electron chi connectivity index (χ3n) is 2.37. The van der Waals surface area contributed by atoms with E-state index in [1.165, 1.54) is 0 Å². The molecule has 3 aromatic rings. The van der Waals surface area contributed by atoms with Gasteiger partial charge in [0.25, 0.3) is 0 Å². The summed E-state index contributed by atoms with van der Waals surface area (Å²) in [7, 11) is 0. The largest absolute Gasteiger partial charge is 0.261 e. The molecular formula is C13H8N3S. The van der Waals surface area contributed by atoms with Crippen LogP contribution in [0, 0.1) is 6.07 Å². The third-order valence-corrected chi connectivity index (χ3v) is 3.16. The van der Waals surface area contributed by atoms with Gasteiger partial charge < -0.3 is 0 Å². The molecule has 2 aromatic heterocycles. The highest BCUT2D eigenvalue weighted by Crippen LogP contribution is 2.31. The monoisotopic (exact) mass is 238 g/mol. The lowest BCUT2D eigenvalue weighted by molar-refractivity contribution is 1.21. The molecule has 0 amide bonds. The van der Waals surface area contributed by atoms with Crippen LogP contribution in [-0.4, -0.2) is 15.0 Å². The normalized spacial score (nSPS) is 10.4. The Bertz CT molecular complexity index is 606. The first-order valence-corrected chi connectivity index (χ1v) is 5.99. The van der Waals surface area contributed by atoms with Gasteiger partial charge in [-0.25, -0.2) is 0 Å². The molecule has 1 aromatic carbocycles. The molecule has 3 rings (SSSR count). The van der Waals surface area contributed by atoms with Gasteiger partial charge in [-0.3, -0.25) is 15.0 Å². The van der Waals surface area contributed by atoms with E-state index < -0.39 is 0 Å². The lowest BCUT2D eigenvalue weighted by Gasteiger charge is -2.05. The lowest BCUT2D eigenvalue weighted by atomic mass is 10.0. The molecule has 4 heteroatoms. The quantitative estimate of drug-likeness (QED) is 0.688. The van der Waals surface area contributed by atoms with Crippen LogP contribution in [0.25, 0.3) is 21.7 Å². The summed E-state index contributed by atoms with van der Waals surface area (Å²) in [4.78, 5) is 13.6. The first-order valence-electron chi connectivity index (χ1n) is 5.11. The Labute approximate surface area is 103 Å². The number of thiazole rings is 1. The summed E-state index contributed by atoms with van der Waals surface area (Å²) in [5.74, 6) is 0. The van der Waals surface area contributed by atoms with Crippen molar-refractivity contribution in [2.45, 2.75) is 0 Å². The van der Waals surface area contributed by atoms with Crippen molar-refractivity contribution in [2.24, 2.45) is 0 Å². The minimum absolute atomic E-state index is 0.854. The first-order chi connectivity index (χ1) is 8.45. The van der Waals surface area contributed by atoms with Crippen LogP contribution in [0.3, 0.4) is 0 Å². The average Bonchev–Trinajstić information content (AvgIpc) is 2.94. The zero-order chi connectivity index (χ0) is 11.5. The Morgan fingerprint density at radius 1 is 1.12 bits per heavy atom. The SMILES string of the molecule is [c]1cccc(-c2cnccn2)c1-c1cncs1. The highest BCUT2D eigenvalue weighted by molar-refractivity contribution is 7.13. The van der Waals surface area contributed by atoms with Gasteiger partial charge in [-0.05, 0) is 6.07 Å². The molecule has 81 valence electrons. The highest BCUT2D eigenvalue weighted by atomic mass is 32.1. The summed E-state index contributed by atoms with van der Waals surface area (Å²) >= 11 is 1.59. The van der Waals surface area contributed by atoms with Crippen LogP contribution >= 0.6 is 11.3 Å². The van der Waals surface area contributed by atoms with Crippen LogP contribution in [0.1, 0.15) is 0 Å². The molecule has 0 aliphatic rings. The van der Waals surface area contributed by atoms with Gasteiger partial charge in [0.2, 0.25) is 0 Å². The molecule has 2 heterocycles. The second-order valence-corrected chi connectivity index (χ2v) is 4.30. The zero-order valence-corrected chi connectivity index (χ0v) is 9.69. The van der Waals surface area contributed by atoms with Crippen LogP contribution in [0.5, 0.6) is 0 Å². The Hall–Kier alpha value is -2.07. The van der Waals surface area contributed by atoms with E-state index in [-0.39, 0.29) is 0 Å². The molecule has 0 aliphatic carbocycles. The van der Waals surface area contributed by atoms with E-state index in [0.29, 0.717) is 0 Å². The molecule has 0 saturated heterocycles. The van der Waals surface area contributed by atoms with E-state index >= 15 is 0 Å². The summed E-state index contributed by atoms with van der Waals surface area (Å²) in [5, 5.41) is 0. The highest BCUT2D eigenvalue weighted by Gasteiger charge is 2.08. The Morgan fingerprint density at radius 2 is 2.12 bits per heavy atom. The number of hydrogen-bond acceptors (Lipinski definition) is 4. The molecule has 0 spiro atoms. The number of aromatic nitrogens is 3. The summed E-state index contributed by atoms with van der Waals surface area (Å²) < 4.78 is 0. The lowest BCUT2D eigenvalue weighted by Crippen LogP contribution is -1.87. The van der Waals surface area contributed by atoms with Crippen LogP contribution < -0.4 is 0 Å². The molecule has 0 atom stereocenters. The van der Waals surface area contributed by atoms with Crippen molar-refractivity contribution in [1.82, 2.24) is 15.0 Å². The van der Waals surface area contributed by atoms with E-state index in [9.17, 15) is 0 Å². The maximum absolute atomic E-state index is 4.32. The van der Waals surface area contributed by atoms with Crippen LogP contribution in [-0.2, 0) is 0 Å². The van der Waals surface area contributed by atoms with Crippen LogP contribution in [0.4, 0.5) is 0 Å². The van der Waals surface area contributed by atoms with Gasteiger partial charge in [-0.1, -0.05) is 18.2 Å². The fourth-order valence-corrected chi connectivity index (χ4v) is 2.28. The van der Waals surface area contributed by atoms with Gasteiger partial charge in [0.1, 0.15) is 0 Å². The first kappa shape index (κ1) is 10.1. The van der Waals surface area contributed by atoms with Gasteiger partial charge >= 0.3 is 0 Å². The van der Waals surface area contributed by atoms with Crippen molar-refractivity contribution in [2.75, 3.05) is 0 Å². The minimum Gasteiger partial charge on any atom is -0.261 e. The topological polar surface area (TPSA) is 38.7 Å².